The Morgan fingerprint density at radius 1 is 1.27 bits per heavy atom. The van der Waals surface area contributed by atoms with E-state index in [1.54, 1.807) is 6.33 Å². The number of aliphatic hydroxyl groups excluding tert-OH is 1. The molecule has 1 heterocycles. The first-order valence-electron chi connectivity index (χ1n) is 5.16. The number of hydrogen-bond acceptors (Lipinski definition) is 3. The van der Waals surface area contributed by atoms with Crippen LogP contribution in [0, 0.1) is 5.92 Å². The fraction of sp³-hybridized carbons (Fsp3) is 0.333. The fourth-order valence-electron chi connectivity index (χ4n) is 1.22. The summed E-state index contributed by atoms with van der Waals surface area (Å²) in [5, 5.41) is 9.29. The van der Waals surface area contributed by atoms with Gasteiger partial charge in [0.2, 0.25) is 0 Å². The number of aromatic nitrogens is 2. The number of nitrogens with zero attached hydrogens (tertiary/aromatic N) is 2. The summed E-state index contributed by atoms with van der Waals surface area (Å²) in [5.74, 6) is 0.690. The molecule has 1 aliphatic rings. The summed E-state index contributed by atoms with van der Waals surface area (Å²) in [6.45, 7) is 0.417. The van der Waals surface area contributed by atoms with Crippen LogP contribution in [0.3, 0.4) is 0 Å². The van der Waals surface area contributed by atoms with Crippen LogP contribution in [0.5, 0.6) is 0 Å². The van der Waals surface area contributed by atoms with Gasteiger partial charge in [-0.2, -0.15) is 0 Å². The Balaban J connectivity index is 0.000000144. The highest BCUT2D eigenvalue weighted by Crippen LogP contribution is 2.27. The van der Waals surface area contributed by atoms with E-state index in [4.69, 9.17) is 5.11 Å². The highest BCUT2D eigenvalue weighted by atomic mass is 16.3. The molecule has 0 atom stereocenters. The molecule has 1 N–H and O–H groups in total. The molecule has 0 saturated heterocycles. The fourth-order valence-corrected chi connectivity index (χ4v) is 1.22. The first-order chi connectivity index (χ1) is 7.40. The van der Waals surface area contributed by atoms with Crippen molar-refractivity contribution < 1.29 is 5.11 Å². The molecule has 0 radical (unpaired) electrons. The van der Waals surface area contributed by atoms with Crippen LogP contribution in [0.2, 0.25) is 0 Å². The molecule has 15 heavy (non-hydrogen) atoms. The van der Waals surface area contributed by atoms with Crippen LogP contribution < -0.4 is 0 Å². The number of rotatable bonds is 1. The molecule has 0 aliphatic heterocycles. The quantitative estimate of drug-likeness (QED) is 0.769. The van der Waals surface area contributed by atoms with Crippen molar-refractivity contribution in [2.24, 2.45) is 5.92 Å². The number of hydrogen-bond donors (Lipinski definition) is 1. The van der Waals surface area contributed by atoms with Crippen molar-refractivity contribution in [1.82, 2.24) is 9.97 Å². The lowest BCUT2D eigenvalue weighted by atomic mass is 10.2. The smallest absolute Gasteiger partial charge is 0.116 e. The van der Waals surface area contributed by atoms with Crippen LogP contribution in [-0.4, -0.2) is 21.7 Å². The van der Waals surface area contributed by atoms with E-state index in [1.807, 2.05) is 30.5 Å². The summed E-state index contributed by atoms with van der Waals surface area (Å²) in [4.78, 5) is 7.97. The molecule has 78 valence electrons. The van der Waals surface area contributed by atoms with Gasteiger partial charge in [-0.1, -0.05) is 18.2 Å². The minimum atomic E-state index is 0.417. The van der Waals surface area contributed by atoms with Crippen molar-refractivity contribution in [1.29, 1.82) is 0 Å². The van der Waals surface area contributed by atoms with E-state index < -0.39 is 0 Å². The third-order valence-electron chi connectivity index (χ3n) is 2.37. The molecule has 3 heteroatoms. The van der Waals surface area contributed by atoms with Gasteiger partial charge in [-0.3, -0.25) is 0 Å². The maximum absolute atomic E-state index is 8.21. The maximum atomic E-state index is 8.21. The van der Waals surface area contributed by atoms with E-state index in [2.05, 4.69) is 9.97 Å². The highest BCUT2D eigenvalue weighted by molar-refractivity contribution is 5.76. The molecule has 0 amide bonds. The van der Waals surface area contributed by atoms with E-state index in [0.717, 1.165) is 10.9 Å². The van der Waals surface area contributed by atoms with Gasteiger partial charge in [-0.15, -0.1) is 0 Å². The molecule has 1 fully saturated rings. The average molecular weight is 202 g/mol. The monoisotopic (exact) mass is 202 g/mol. The maximum Gasteiger partial charge on any atom is 0.116 e. The number of fused-ring (bicyclic) bond motifs is 1. The Morgan fingerprint density at radius 3 is 2.67 bits per heavy atom. The largest absolute Gasteiger partial charge is 0.396 e. The van der Waals surface area contributed by atoms with Crippen molar-refractivity contribution in [3.05, 3.63) is 36.8 Å². The van der Waals surface area contributed by atoms with Crippen LogP contribution in [-0.2, 0) is 0 Å². The number of aliphatic hydroxyl groups is 1. The Bertz CT molecular complexity index is 361. The Labute approximate surface area is 88.8 Å². The van der Waals surface area contributed by atoms with Gasteiger partial charge >= 0.3 is 0 Å². The van der Waals surface area contributed by atoms with Gasteiger partial charge in [-0.05, 0) is 24.8 Å². The molecule has 1 aromatic carbocycles. The van der Waals surface area contributed by atoms with Crippen molar-refractivity contribution in [3.8, 4) is 0 Å². The Kier molecular flexibility index (Phi) is 3.25. The molecule has 0 spiro atoms. The number of para-hydroxylation sites is 1. The van der Waals surface area contributed by atoms with Crippen molar-refractivity contribution in [2.45, 2.75) is 12.8 Å². The van der Waals surface area contributed by atoms with E-state index in [9.17, 15) is 0 Å². The predicted octanol–water partition coefficient (Wildman–Crippen LogP) is 2.02. The van der Waals surface area contributed by atoms with Crippen LogP contribution >= 0.6 is 0 Å². The summed E-state index contributed by atoms with van der Waals surface area (Å²) in [7, 11) is 0. The van der Waals surface area contributed by atoms with Crippen molar-refractivity contribution >= 4 is 10.9 Å². The van der Waals surface area contributed by atoms with Crippen LogP contribution in [0.1, 0.15) is 12.8 Å². The Hall–Kier alpha value is -1.48. The molecular formula is C12H14N2O. The van der Waals surface area contributed by atoms with E-state index >= 15 is 0 Å². The predicted molar refractivity (Wildman–Crippen MR) is 59.3 cm³/mol. The molecule has 3 nitrogen and oxygen atoms in total. The average Bonchev–Trinajstić information content (AvgIpc) is 3.14. The zero-order valence-corrected chi connectivity index (χ0v) is 8.50. The molecule has 1 aromatic heterocycles. The third-order valence-corrected chi connectivity index (χ3v) is 2.37. The molecule has 3 rings (SSSR count). The SMILES string of the molecule is OCC1CC1.c1ccc2ncncc2c1. The second kappa shape index (κ2) is 4.84. The minimum absolute atomic E-state index is 0.417. The highest BCUT2D eigenvalue weighted by Gasteiger charge is 2.18. The molecule has 1 saturated carbocycles. The summed E-state index contributed by atoms with van der Waals surface area (Å²) in [6, 6.07) is 7.91. The van der Waals surface area contributed by atoms with Crippen LogP contribution in [0.25, 0.3) is 10.9 Å². The topological polar surface area (TPSA) is 46.0 Å². The minimum Gasteiger partial charge on any atom is -0.396 e. The lowest BCUT2D eigenvalue weighted by molar-refractivity contribution is 0.277. The van der Waals surface area contributed by atoms with Crippen LogP contribution in [0.15, 0.2) is 36.8 Å². The summed E-state index contributed by atoms with van der Waals surface area (Å²) in [5.41, 5.74) is 0.998. The van der Waals surface area contributed by atoms with E-state index in [0.29, 0.717) is 12.5 Å². The van der Waals surface area contributed by atoms with Gasteiger partial charge in [0.25, 0.3) is 0 Å². The Morgan fingerprint density at radius 2 is 2.07 bits per heavy atom. The van der Waals surface area contributed by atoms with Gasteiger partial charge in [-0.25, -0.2) is 9.97 Å². The lowest BCUT2D eigenvalue weighted by Crippen LogP contribution is -1.78. The molecule has 0 unspecified atom stereocenters. The normalized spacial score (nSPS) is 14.5. The summed E-state index contributed by atoms with van der Waals surface area (Å²) in [6.07, 6.45) is 5.89. The van der Waals surface area contributed by atoms with Gasteiger partial charge < -0.3 is 5.11 Å². The summed E-state index contributed by atoms with van der Waals surface area (Å²) < 4.78 is 0. The lowest BCUT2D eigenvalue weighted by Gasteiger charge is -1.90. The third kappa shape index (κ3) is 2.99. The molecule has 0 bridgehead atoms. The van der Waals surface area contributed by atoms with Gasteiger partial charge in [0.05, 0.1) is 5.52 Å². The second-order valence-corrected chi connectivity index (χ2v) is 3.71. The first kappa shape index (κ1) is 10.1. The van der Waals surface area contributed by atoms with Crippen molar-refractivity contribution in [2.75, 3.05) is 6.61 Å². The standard InChI is InChI=1S/C8H6N2.C4H8O/c1-2-4-8-7(3-1)5-9-6-10-8;5-3-4-1-2-4/h1-6H;4-5H,1-3H2. The van der Waals surface area contributed by atoms with Crippen LogP contribution in [0.4, 0.5) is 0 Å². The van der Waals surface area contributed by atoms with Gasteiger partial charge in [0.15, 0.2) is 0 Å². The summed E-state index contributed by atoms with van der Waals surface area (Å²) >= 11 is 0. The van der Waals surface area contributed by atoms with Crippen molar-refractivity contribution in [3.63, 3.8) is 0 Å². The van der Waals surface area contributed by atoms with Gasteiger partial charge in [0.1, 0.15) is 6.33 Å². The van der Waals surface area contributed by atoms with Gasteiger partial charge in [0, 0.05) is 18.2 Å². The van der Waals surface area contributed by atoms with E-state index in [1.165, 1.54) is 12.8 Å². The molecule has 2 aromatic rings. The number of benzene rings is 1. The first-order valence-corrected chi connectivity index (χ1v) is 5.16. The second-order valence-electron chi connectivity index (χ2n) is 3.71. The molecule has 1 aliphatic carbocycles. The molecular weight excluding hydrogens is 188 g/mol. The van der Waals surface area contributed by atoms with E-state index in [-0.39, 0.29) is 0 Å². The zero-order chi connectivity index (χ0) is 10.5. The zero-order valence-electron chi connectivity index (χ0n) is 8.50.